The Bertz CT molecular complexity index is 384. The largest absolute Gasteiger partial charge is 0.454 e. The Morgan fingerprint density at radius 1 is 1.24 bits per heavy atom. The van der Waals surface area contributed by atoms with Gasteiger partial charge in [-0.15, -0.1) is 0 Å². The first-order valence-corrected chi connectivity index (χ1v) is 6.96. The standard InChI is InChI=1S/C15H22O2/c1-9-4-6-12-10(2)5-7-13-11(3)14(16)17-15(12,13)8-9/h8,10-13H,4-7H2,1-3H3/t10-,11-,12+,13+,15+/m1/s1. The third-order valence-corrected chi connectivity index (χ3v) is 5.35. The number of ether oxygens (including phenoxy) is 1. The Hall–Kier alpha value is -0.790. The molecule has 2 nitrogen and oxygen atoms in total. The molecule has 1 saturated heterocycles. The second kappa shape index (κ2) is 3.60. The maximum absolute atomic E-state index is 12.0. The van der Waals surface area contributed by atoms with Crippen LogP contribution in [-0.4, -0.2) is 11.6 Å². The van der Waals surface area contributed by atoms with Crippen LogP contribution in [0.4, 0.5) is 0 Å². The lowest BCUT2D eigenvalue weighted by molar-refractivity contribution is -0.155. The van der Waals surface area contributed by atoms with E-state index in [4.69, 9.17) is 4.74 Å². The molecule has 5 atom stereocenters. The Balaban J connectivity index is 2.07. The first-order valence-electron chi connectivity index (χ1n) is 6.96. The van der Waals surface area contributed by atoms with E-state index in [-0.39, 0.29) is 17.5 Å². The Labute approximate surface area is 103 Å². The van der Waals surface area contributed by atoms with Crippen molar-refractivity contribution >= 4 is 5.97 Å². The highest BCUT2D eigenvalue weighted by molar-refractivity contribution is 5.76. The van der Waals surface area contributed by atoms with Gasteiger partial charge in [-0.1, -0.05) is 19.4 Å². The van der Waals surface area contributed by atoms with Gasteiger partial charge in [0.15, 0.2) is 0 Å². The van der Waals surface area contributed by atoms with Crippen LogP contribution < -0.4 is 0 Å². The normalized spacial score (nSPS) is 49.1. The van der Waals surface area contributed by atoms with Crippen molar-refractivity contribution in [1.29, 1.82) is 0 Å². The minimum absolute atomic E-state index is 0.0278. The molecule has 3 aliphatic rings. The molecule has 0 bridgehead atoms. The van der Waals surface area contributed by atoms with Gasteiger partial charge in [0, 0.05) is 11.8 Å². The van der Waals surface area contributed by atoms with E-state index in [0.717, 1.165) is 6.42 Å². The summed E-state index contributed by atoms with van der Waals surface area (Å²) in [4.78, 5) is 12.0. The molecule has 0 unspecified atom stereocenters. The van der Waals surface area contributed by atoms with E-state index in [1.54, 1.807) is 0 Å². The lowest BCUT2D eigenvalue weighted by Crippen LogP contribution is -2.50. The van der Waals surface area contributed by atoms with Crippen molar-refractivity contribution in [2.75, 3.05) is 0 Å². The number of allylic oxidation sites excluding steroid dienone is 1. The maximum Gasteiger partial charge on any atom is 0.309 e. The molecule has 0 aromatic rings. The zero-order chi connectivity index (χ0) is 12.2. The molecule has 1 aliphatic heterocycles. The summed E-state index contributed by atoms with van der Waals surface area (Å²) in [6.07, 6.45) is 7.07. The van der Waals surface area contributed by atoms with Crippen molar-refractivity contribution in [3.8, 4) is 0 Å². The summed E-state index contributed by atoms with van der Waals surface area (Å²) in [7, 11) is 0. The molecule has 94 valence electrons. The topological polar surface area (TPSA) is 26.3 Å². The lowest BCUT2D eigenvalue weighted by atomic mass is 9.58. The molecule has 1 saturated carbocycles. The summed E-state index contributed by atoms with van der Waals surface area (Å²) in [5.74, 6) is 1.78. The highest BCUT2D eigenvalue weighted by Crippen LogP contribution is 2.56. The molecule has 0 aromatic heterocycles. The molecule has 0 aromatic carbocycles. The molecule has 2 aliphatic carbocycles. The quantitative estimate of drug-likeness (QED) is 0.475. The third-order valence-electron chi connectivity index (χ3n) is 5.35. The van der Waals surface area contributed by atoms with Gasteiger partial charge in [0.2, 0.25) is 0 Å². The van der Waals surface area contributed by atoms with Crippen LogP contribution in [0.5, 0.6) is 0 Å². The van der Waals surface area contributed by atoms with Gasteiger partial charge in [0.1, 0.15) is 5.60 Å². The van der Waals surface area contributed by atoms with Crippen LogP contribution >= 0.6 is 0 Å². The van der Waals surface area contributed by atoms with Gasteiger partial charge in [-0.05, 0) is 44.6 Å². The monoisotopic (exact) mass is 234 g/mol. The average Bonchev–Trinajstić information content (AvgIpc) is 2.50. The van der Waals surface area contributed by atoms with Crippen LogP contribution in [0.25, 0.3) is 0 Å². The Morgan fingerprint density at radius 2 is 2.00 bits per heavy atom. The van der Waals surface area contributed by atoms with Gasteiger partial charge in [-0.3, -0.25) is 4.79 Å². The van der Waals surface area contributed by atoms with Crippen LogP contribution in [0.2, 0.25) is 0 Å². The number of carbonyl (C=O) groups excluding carboxylic acids is 1. The van der Waals surface area contributed by atoms with Crippen LogP contribution in [-0.2, 0) is 9.53 Å². The number of rotatable bonds is 0. The Morgan fingerprint density at radius 3 is 2.76 bits per heavy atom. The van der Waals surface area contributed by atoms with Crippen molar-refractivity contribution in [2.24, 2.45) is 23.7 Å². The SMILES string of the molecule is CC1=C[C@@]23OC(=O)[C@H](C)[C@@H]2CC[C@@H](C)[C@@H]3CC1. The fourth-order valence-corrected chi connectivity index (χ4v) is 4.41. The van der Waals surface area contributed by atoms with Crippen molar-refractivity contribution < 1.29 is 9.53 Å². The summed E-state index contributed by atoms with van der Waals surface area (Å²) in [5, 5.41) is 0. The zero-order valence-corrected chi connectivity index (χ0v) is 11.0. The minimum atomic E-state index is -0.240. The molecule has 1 heterocycles. The van der Waals surface area contributed by atoms with E-state index in [2.05, 4.69) is 19.9 Å². The molecule has 2 heteroatoms. The first-order chi connectivity index (χ1) is 8.04. The van der Waals surface area contributed by atoms with Crippen LogP contribution in [0.1, 0.15) is 46.5 Å². The average molecular weight is 234 g/mol. The fraction of sp³-hybridized carbons (Fsp3) is 0.800. The van der Waals surface area contributed by atoms with Crippen LogP contribution in [0.15, 0.2) is 11.6 Å². The van der Waals surface area contributed by atoms with Gasteiger partial charge in [0.05, 0.1) is 5.92 Å². The molecule has 1 spiro atoms. The molecule has 17 heavy (non-hydrogen) atoms. The second-order valence-electron chi connectivity index (χ2n) is 6.36. The summed E-state index contributed by atoms with van der Waals surface area (Å²) in [6.45, 7) is 6.55. The minimum Gasteiger partial charge on any atom is -0.454 e. The van der Waals surface area contributed by atoms with Gasteiger partial charge in [0.25, 0.3) is 0 Å². The smallest absolute Gasteiger partial charge is 0.309 e. The fourth-order valence-electron chi connectivity index (χ4n) is 4.41. The van der Waals surface area contributed by atoms with Gasteiger partial charge >= 0.3 is 5.97 Å². The van der Waals surface area contributed by atoms with Crippen molar-refractivity contribution in [1.82, 2.24) is 0 Å². The van der Waals surface area contributed by atoms with Crippen molar-refractivity contribution in [3.63, 3.8) is 0 Å². The molecule has 2 fully saturated rings. The molecule has 0 N–H and O–H groups in total. The van der Waals surface area contributed by atoms with E-state index >= 15 is 0 Å². The van der Waals surface area contributed by atoms with E-state index in [1.807, 2.05) is 6.92 Å². The van der Waals surface area contributed by atoms with Gasteiger partial charge in [-0.25, -0.2) is 0 Å². The van der Waals surface area contributed by atoms with E-state index in [1.165, 1.54) is 24.8 Å². The van der Waals surface area contributed by atoms with Crippen LogP contribution in [0, 0.1) is 23.7 Å². The van der Waals surface area contributed by atoms with Gasteiger partial charge < -0.3 is 4.74 Å². The highest BCUT2D eigenvalue weighted by Gasteiger charge is 2.60. The molecular weight excluding hydrogens is 212 g/mol. The van der Waals surface area contributed by atoms with Gasteiger partial charge in [-0.2, -0.15) is 0 Å². The number of hydrogen-bond acceptors (Lipinski definition) is 2. The third kappa shape index (κ3) is 1.42. The Kier molecular flexibility index (Phi) is 2.39. The highest BCUT2D eigenvalue weighted by atomic mass is 16.6. The van der Waals surface area contributed by atoms with Crippen molar-refractivity contribution in [3.05, 3.63) is 11.6 Å². The number of esters is 1. The van der Waals surface area contributed by atoms with Crippen molar-refractivity contribution in [2.45, 2.75) is 52.1 Å². The number of carbonyl (C=O) groups is 1. The predicted molar refractivity (Wildman–Crippen MR) is 66.4 cm³/mol. The molecule has 0 radical (unpaired) electrons. The molecular formula is C15H22O2. The summed E-state index contributed by atoms with van der Waals surface area (Å²) in [6, 6.07) is 0. The molecule has 0 amide bonds. The van der Waals surface area contributed by atoms with E-state index in [0.29, 0.717) is 17.8 Å². The van der Waals surface area contributed by atoms with E-state index in [9.17, 15) is 4.79 Å². The summed E-state index contributed by atoms with van der Waals surface area (Å²) >= 11 is 0. The van der Waals surface area contributed by atoms with E-state index < -0.39 is 0 Å². The van der Waals surface area contributed by atoms with Crippen LogP contribution in [0.3, 0.4) is 0 Å². The zero-order valence-electron chi connectivity index (χ0n) is 11.0. The maximum atomic E-state index is 12.0. The first kappa shape index (κ1) is 11.3. The molecule has 3 rings (SSSR count). The summed E-state index contributed by atoms with van der Waals surface area (Å²) < 4.78 is 5.89. The number of hydrogen-bond donors (Lipinski definition) is 0. The second-order valence-corrected chi connectivity index (χ2v) is 6.36. The summed E-state index contributed by atoms with van der Waals surface area (Å²) in [5.41, 5.74) is 1.17. The lowest BCUT2D eigenvalue weighted by Gasteiger charge is -2.48. The predicted octanol–water partition coefficient (Wildman–Crippen LogP) is 3.32.